The summed E-state index contributed by atoms with van der Waals surface area (Å²) in [6, 6.07) is 0. The van der Waals surface area contributed by atoms with Gasteiger partial charge in [0.15, 0.2) is 5.70 Å². The summed E-state index contributed by atoms with van der Waals surface area (Å²) in [5.41, 5.74) is 2.24. The normalized spacial score (nSPS) is 31.1. The summed E-state index contributed by atoms with van der Waals surface area (Å²) in [6.45, 7) is 2.73. The largest absolute Gasteiger partial charge is 0.507 e. The Bertz CT molecular complexity index is 406. The lowest BCUT2D eigenvalue weighted by Gasteiger charge is -2.31. The highest BCUT2D eigenvalue weighted by molar-refractivity contribution is 9.11. The van der Waals surface area contributed by atoms with Crippen LogP contribution in [0.15, 0.2) is 45.9 Å². The van der Waals surface area contributed by atoms with Crippen molar-refractivity contribution in [3.63, 3.8) is 0 Å². The van der Waals surface area contributed by atoms with E-state index in [4.69, 9.17) is 0 Å². The first kappa shape index (κ1) is 10.2. The Hall–Kier alpha value is -0.320. The molecule has 0 aromatic heterocycles. The number of fused-ring (bicyclic) bond motifs is 1. The van der Waals surface area contributed by atoms with Crippen molar-refractivity contribution in [2.75, 3.05) is 6.54 Å². The predicted molar refractivity (Wildman–Crippen MR) is 63.6 cm³/mol. The molecule has 0 saturated heterocycles. The first-order chi connectivity index (χ1) is 6.51. The van der Waals surface area contributed by atoms with Crippen molar-refractivity contribution in [3.05, 3.63) is 45.9 Å². The molecule has 0 aromatic rings. The van der Waals surface area contributed by atoms with Gasteiger partial charge in [-0.3, -0.25) is 0 Å². The summed E-state index contributed by atoms with van der Waals surface area (Å²) in [6.07, 6.45) is 7.96. The van der Waals surface area contributed by atoms with Crippen molar-refractivity contribution in [2.45, 2.75) is 6.92 Å². The second kappa shape index (κ2) is 3.36. The van der Waals surface area contributed by atoms with E-state index in [-0.39, 0.29) is 0 Å². The summed E-state index contributed by atoms with van der Waals surface area (Å²) in [5.74, 6) is 0.313. The first-order valence-electron chi connectivity index (χ1n) is 4.26. The van der Waals surface area contributed by atoms with Crippen molar-refractivity contribution in [1.82, 2.24) is 0 Å². The van der Waals surface area contributed by atoms with Gasteiger partial charge in [-0.25, -0.2) is 0 Å². The molecule has 2 nitrogen and oxygen atoms in total. The number of hydrogen-bond acceptors (Lipinski definition) is 1. The molecule has 1 atom stereocenters. The zero-order chi connectivity index (χ0) is 10.3. The molecule has 0 aromatic carbocycles. The topological polar surface area (TPSA) is 20.2 Å². The molecule has 2 aliphatic rings. The third-order valence-corrected chi connectivity index (χ3v) is 3.86. The molecule has 0 radical (unpaired) electrons. The average Bonchev–Trinajstić information content (AvgIpc) is 2.10. The van der Waals surface area contributed by atoms with E-state index in [0.29, 0.717) is 15.8 Å². The van der Waals surface area contributed by atoms with E-state index in [0.717, 1.165) is 10.2 Å². The van der Waals surface area contributed by atoms with E-state index in [1.807, 2.05) is 6.92 Å². The molecular weight excluding hydrogens is 310 g/mol. The molecule has 0 fully saturated rings. The van der Waals surface area contributed by atoms with Crippen molar-refractivity contribution >= 4 is 32.1 Å². The maximum absolute atomic E-state index is 9.59. The number of aliphatic hydroxyl groups excluding tert-OH is 1. The standard InChI is InChI=1S/C10H9Br2NO/c1-7-2-3-13(12)6-9(11)10(14)5-8(13)4-7/h2-5H,6H2,1H3/p+1. The van der Waals surface area contributed by atoms with E-state index in [1.54, 1.807) is 6.08 Å². The fourth-order valence-corrected chi connectivity index (χ4v) is 2.93. The van der Waals surface area contributed by atoms with Crippen LogP contribution in [0.2, 0.25) is 0 Å². The van der Waals surface area contributed by atoms with Crippen LogP contribution in [-0.4, -0.2) is 15.2 Å². The maximum atomic E-state index is 9.59. The molecule has 0 amide bonds. The molecule has 1 unspecified atom stereocenters. The molecule has 1 N–H and O–H groups in total. The smallest absolute Gasteiger partial charge is 0.239 e. The van der Waals surface area contributed by atoms with Gasteiger partial charge < -0.3 is 5.11 Å². The van der Waals surface area contributed by atoms with Crippen LogP contribution in [0, 0.1) is 0 Å². The van der Waals surface area contributed by atoms with Crippen LogP contribution in [0.1, 0.15) is 6.92 Å². The summed E-state index contributed by atoms with van der Waals surface area (Å²) in [7, 11) is 0. The lowest BCUT2D eigenvalue weighted by Crippen LogP contribution is -2.35. The van der Waals surface area contributed by atoms with Gasteiger partial charge >= 0.3 is 0 Å². The van der Waals surface area contributed by atoms with Gasteiger partial charge in [-0.1, -0.05) is 0 Å². The monoisotopic (exact) mass is 318 g/mol. The number of quaternary nitrogens is 1. The summed E-state index contributed by atoms with van der Waals surface area (Å²) < 4.78 is 1.35. The Morgan fingerprint density at radius 2 is 2.14 bits per heavy atom. The molecule has 74 valence electrons. The van der Waals surface area contributed by atoms with Crippen LogP contribution in [0.25, 0.3) is 0 Å². The van der Waals surface area contributed by atoms with Crippen LogP contribution in [0.5, 0.6) is 0 Å². The Morgan fingerprint density at radius 3 is 2.86 bits per heavy atom. The van der Waals surface area contributed by atoms with Crippen LogP contribution in [-0.2, 0) is 0 Å². The highest BCUT2D eigenvalue weighted by atomic mass is 79.9. The Balaban J connectivity index is 2.50. The lowest BCUT2D eigenvalue weighted by molar-refractivity contribution is -0.670. The highest BCUT2D eigenvalue weighted by Gasteiger charge is 2.35. The number of hydrogen-bond donors (Lipinski definition) is 1. The minimum atomic E-state index is 0.313. The Labute approximate surface area is 100.0 Å². The Morgan fingerprint density at radius 1 is 1.43 bits per heavy atom. The summed E-state index contributed by atoms with van der Waals surface area (Å²) in [4.78, 5) is 0. The van der Waals surface area contributed by atoms with E-state index in [1.165, 1.54) is 5.57 Å². The van der Waals surface area contributed by atoms with E-state index in [9.17, 15) is 5.11 Å². The van der Waals surface area contributed by atoms with Gasteiger partial charge in [-0.05, 0) is 34.5 Å². The van der Waals surface area contributed by atoms with Crippen LogP contribution >= 0.6 is 32.1 Å². The van der Waals surface area contributed by atoms with E-state index >= 15 is 0 Å². The summed E-state index contributed by atoms with van der Waals surface area (Å²) >= 11 is 6.98. The third-order valence-electron chi connectivity index (χ3n) is 2.31. The predicted octanol–water partition coefficient (Wildman–Crippen LogP) is 3.65. The second-order valence-corrected chi connectivity index (χ2v) is 5.72. The number of allylic oxidation sites excluding steroid dienone is 4. The SMILES string of the molecule is CC1=CC2=CC(O)=C(Br)C[N+]2(Br)C=C1. The molecule has 2 aliphatic heterocycles. The molecular formula is C10H10Br2NO+. The first-order valence-corrected chi connectivity index (χ1v) is 5.76. The van der Waals surface area contributed by atoms with E-state index < -0.39 is 0 Å². The fraction of sp³-hybridized carbons (Fsp3) is 0.200. The van der Waals surface area contributed by atoms with Gasteiger partial charge in [0, 0.05) is 12.2 Å². The number of aliphatic hydroxyl groups is 1. The molecule has 2 rings (SSSR count). The van der Waals surface area contributed by atoms with Crippen molar-refractivity contribution in [3.8, 4) is 0 Å². The molecule has 0 aliphatic carbocycles. The van der Waals surface area contributed by atoms with Gasteiger partial charge in [0.05, 0.1) is 4.48 Å². The Kier molecular flexibility index (Phi) is 2.45. The second-order valence-electron chi connectivity index (χ2n) is 3.49. The fourth-order valence-electron chi connectivity index (χ4n) is 1.50. The van der Waals surface area contributed by atoms with Crippen LogP contribution < -0.4 is 0 Å². The molecule has 0 spiro atoms. The zero-order valence-electron chi connectivity index (χ0n) is 7.67. The van der Waals surface area contributed by atoms with Gasteiger partial charge in [-0.15, -0.1) is 0 Å². The van der Waals surface area contributed by atoms with Gasteiger partial charge in [-0.2, -0.15) is 3.51 Å². The van der Waals surface area contributed by atoms with Crippen molar-refractivity contribution in [1.29, 1.82) is 0 Å². The minimum absolute atomic E-state index is 0.313. The van der Waals surface area contributed by atoms with Crippen molar-refractivity contribution in [2.24, 2.45) is 0 Å². The van der Waals surface area contributed by atoms with Crippen LogP contribution in [0.3, 0.4) is 0 Å². The van der Waals surface area contributed by atoms with Gasteiger partial charge in [0.25, 0.3) is 0 Å². The molecule has 2 heterocycles. The minimum Gasteiger partial charge on any atom is -0.507 e. The number of nitrogens with zero attached hydrogens (tertiary/aromatic N) is 1. The lowest BCUT2D eigenvalue weighted by atomic mass is 10.1. The third kappa shape index (κ3) is 1.62. The average molecular weight is 320 g/mol. The molecule has 14 heavy (non-hydrogen) atoms. The van der Waals surface area contributed by atoms with Gasteiger partial charge in [0.2, 0.25) is 16.1 Å². The molecule has 0 saturated carbocycles. The summed E-state index contributed by atoms with van der Waals surface area (Å²) in [5, 5.41) is 9.59. The molecule has 4 heteroatoms. The van der Waals surface area contributed by atoms with Crippen molar-refractivity contribution < 1.29 is 8.62 Å². The zero-order valence-corrected chi connectivity index (χ0v) is 10.8. The number of rotatable bonds is 0. The van der Waals surface area contributed by atoms with Crippen LogP contribution in [0.4, 0.5) is 0 Å². The van der Waals surface area contributed by atoms with E-state index in [2.05, 4.69) is 50.4 Å². The maximum Gasteiger partial charge on any atom is 0.239 e. The van der Waals surface area contributed by atoms with Gasteiger partial charge in [0.1, 0.15) is 18.5 Å². The number of halogens is 2. The molecule has 0 bridgehead atoms. The highest BCUT2D eigenvalue weighted by Crippen LogP contribution is 2.38. The quantitative estimate of drug-likeness (QED) is 0.676.